The first kappa shape index (κ1) is 13.6. The van der Waals surface area contributed by atoms with Crippen LogP contribution < -0.4 is 4.74 Å². The molecule has 104 valence electrons. The second-order valence-electron chi connectivity index (χ2n) is 5.40. The largest absolute Gasteiger partial charge is 0.493 e. The zero-order chi connectivity index (χ0) is 13.8. The Labute approximate surface area is 124 Å². The number of thioether (sulfide) groups is 1. The van der Waals surface area contributed by atoms with Gasteiger partial charge in [0.05, 0.1) is 12.5 Å². The van der Waals surface area contributed by atoms with Crippen LogP contribution in [-0.4, -0.2) is 17.1 Å². The fourth-order valence-corrected chi connectivity index (χ4v) is 4.55. The number of rotatable bonds is 4. The van der Waals surface area contributed by atoms with E-state index in [1.165, 1.54) is 36.8 Å². The highest BCUT2D eigenvalue weighted by Crippen LogP contribution is 2.43. The molecule has 0 radical (unpaired) electrons. The van der Waals surface area contributed by atoms with Gasteiger partial charge in [-0.05, 0) is 42.5 Å². The molecule has 0 amide bonds. The Balaban J connectivity index is 1.68. The monoisotopic (exact) mass is 285 g/mol. The summed E-state index contributed by atoms with van der Waals surface area (Å²) in [5, 5.41) is 10.0. The van der Waals surface area contributed by atoms with Gasteiger partial charge in [-0.2, -0.15) is 17.0 Å². The Morgan fingerprint density at radius 2 is 2.10 bits per heavy atom. The van der Waals surface area contributed by atoms with E-state index in [0.29, 0.717) is 13.0 Å². The van der Waals surface area contributed by atoms with Crippen LogP contribution in [0.5, 0.6) is 5.75 Å². The number of nitrogens with zero attached hydrogens (tertiary/aromatic N) is 1. The van der Waals surface area contributed by atoms with Crippen molar-refractivity contribution in [3.8, 4) is 11.8 Å². The van der Waals surface area contributed by atoms with Gasteiger partial charge in [-0.1, -0.05) is 24.6 Å². The van der Waals surface area contributed by atoms with E-state index >= 15 is 0 Å². The first-order chi connectivity index (χ1) is 9.85. The molecular weight excluding hydrogens is 266 g/mol. The normalized spacial score (nSPS) is 24.6. The number of fused-ring (bicyclic) bond motifs is 2. The third-order valence-electron chi connectivity index (χ3n) is 3.92. The van der Waals surface area contributed by atoms with E-state index < -0.39 is 0 Å². The first-order valence-electron chi connectivity index (χ1n) is 7.31. The van der Waals surface area contributed by atoms with Crippen LogP contribution in [0.2, 0.25) is 0 Å². The lowest BCUT2D eigenvalue weighted by Crippen LogP contribution is -2.21. The van der Waals surface area contributed by atoms with Gasteiger partial charge in [0, 0.05) is 10.5 Å². The van der Waals surface area contributed by atoms with E-state index in [2.05, 4.69) is 36.0 Å². The van der Waals surface area contributed by atoms with Crippen LogP contribution in [0, 0.1) is 11.3 Å². The standard InChI is InChI=1S/C17H19NOS/c18-9-2-10-19-15-7-5-13(6-8-15)14-11-16-3-1-4-17(12-14)20-16/h5-8,11,16-17H,1-4,10,12H2. The molecule has 1 saturated heterocycles. The highest BCUT2D eigenvalue weighted by atomic mass is 32.2. The van der Waals surface area contributed by atoms with Crippen molar-refractivity contribution in [1.82, 2.24) is 0 Å². The number of hydrogen-bond donors (Lipinski definition) is 0. The molecule has 1 aromatic carbocycles. The molecule has 0 N–H and O–H groups in total. The molecule has 20 heavy (non-hydrogen) atoms. The van der Waals surface area contributed by atoms with E-state index in [0.717, 1.165) is 16.2 Å². The molecule has 2 atom stereocenters. The van der Waals surface area contributed by atoms with Gasteiger partial charge in [-0.15, -0.1) is 0 Å². The summed E-state index contributed by atoms with van der Waals surface area (Å²) < 4.78 is 5.52. The van der Waals surface area contributed by atoms with Crippen molar-refractivity contribution in [3.63, 3.8) is 0 Å². The summed E-state index contributed by atoms with van der Waals surface area (Å²) in [6, 6.07) is 10.4. The van der Waals surface area contributed by atoms with Gasteiger partial charge in [-0.3, -0.25) is 0 Å². The lowest BCUT2D eigenvalue weighted by Gasteiger charge is -2.33. The number of allylic oxidation sites excluding steroid dienone is 1. The van der Waals surface area contributed by atoms with Gasteiger partial charge < -0.3 is 4.74 Å². The topological polar surface area (TPSA) is 33.0 Å². The predicted molar refractivity (Wildman–Crippen MR) is 83.8 cm³/mol. The van der Waals surface area contributed by atoms with Crippen LogP contribution in [0.15, 0.2) is 30.3 Å². The van der Waals surface area contributed by atoms with Crippen molar-refractivity contribution < 1.29 is 4.74 Å². The van der Waals surface area contributed by atoms with Crippen LogP contribution in [0.4, 0.5) is 0 Å². The van der Waals surface area contributed by atoms with Crippen LogP contribution in [-0.2, 0) is 0 Å². The molecular formula is C17H19NOS. The van der Waals surface area contributed by atoms with E-state index in [1.807, 2.05) is 12.1 Å². The van der Waals surface area contributed by atoms with Gasteiger partial charge >= 0.3 is 0 Å². The minimum Gasteiger partial charge on any atom is -0.493 e. The molecule has 0 saturated carbocycles. The third kappa shape index (κ3) is 3.19. The Morgan fingerprint density at radius 1 is 1.25 bits per heavy atom. The molecule has 1 aromatic rings. The minimum absolute atomic E-state index is 0.438. The van der Waals surface area contributed by atoms with Gasteiger partial charge in [0.1, 0.15) is 12.4 Å². The molecule has 0 aromatic heterocycles. The lowest BCUT2D eigenvalue weighted by molar-refractivity contribution is 0.326. The van der Waals surface area contributed by atoms with Crippen molar-refractivity contribution in [2.24, 2.45) is 0 Å². The highest BCUT2D eigenvalue weighted by Gasteiger charge is 2.27. The molecule has 2 heterocycles. The van der Waals surface area contributed by atoms with Crippen molar-refractivity contribution in [2.45, 2.75) is 42.6 Å². The second-order valence-corrected chi connectivity index (χ2v) is 6.95. The number of benzene rings is 1. The molecule has 3 rings (SSSR count). The van der Waals surface area contributed by atoms with Crippen molar-refractivity contribution >= 4 is 17.3 Å². The van der Waals surface area contributed by atoms with Crippen LogP contribution in [0.25, 0.3) is 5.57 Å². The molecule has 0 aliphatic carbocycles. The summed E-state index contributed by atoms with van der Waals surface area (Å²) in [6.45, 7) is 0.472. The minimum atomic E-state index is 0.438. The number of nitriles is 1. The maximum Gasteiger partial charge on any atom is 0.119 e. The summed E-state index contributed by atoms with van der Waals surface area (Å²) in [6.07, 6.45) is 8.20. The summed E-state index contributed by atoms with van der Waals surface area (Å²) in [5.74, 6) is 0.856. The van der Waals surface area contributed by atoms with E-state index in [9.17, 15) is 0 Å². The quantitative estimate of drug-likeness (QED) is 0.768. The van der Waals surface area contributed by atoms with Crippen LogP contribution in [0.3, 0.4) is 0 Å². The molecule has 2 bridgehead atoms. The molecule has 2 nitrogen and oxygen atoms in total. The van der Waals surface area contributed by atoms with Crippen molar-refractivity contribution in [3.05, 3.63) is 35.9 Å². The van der Waals surface area contributed by atoms with E-state index in [4.69, 9.17) is 10.00 Å². The van der Waals surface area contributed by atoms with Crippen LogP contribution >= 0.6 is 11.8 Å². The fraction of sp³-hybridized carbons (Fsp3) is 0.471. The lowest BCUT2D eigenvalue weighted by atomic mass is 9.93. The summed E-state index contributed by atoms with van der Waals surface area (Å²) in [7, 11) is 0. The fourth-order valence-electron chi connectivity index (χ4n) is 2.93. The summed E-state index contributed by atoms with van der Waals surface area (Å²) in [4.78, 5) is 0. The van der Waals surface area contributed by atoms with E-state index in [1.54, 1.807) is 0 Å². The molecule has 2 unspecified atom stereocenters. The zero-order valence-electron chi connectivity index (χ0n) is 11.5. The maximum atomic E-state index is 8.50. The molecule has 3 heteroatoms. The van der Waals surface area contributed by atoms with Crippen LogP contribution in [0.1, 0.15) is 37.7 Å². The first-order valence-corrected chi connectivity index (χ1v) is 8.26. The maximum absolute atomic E-state index is 8.50. The smallest absolute Gasteiger partial charge is 0.119 e. The Morgan fingerprint density at radius 3 is 2.85 bits per heavy atom. The SMILES string of the molecule is N#CCCOc1ccc(C2=CC3CCCC(C2)S3)cc1. The Hall–Kier alpha value is -1.40. The molecule has 0 spiro atoms. The average molecular weight is 285 g/mol. The summed E-state index contributed by atoms with van der Waals surface area (Å²) in [5.41, 5.74) is 2.83. The Bertz CT molecular complexity index is 529. The average Bonchev–Trinajstić information content (AvgIpc) is 2.48. The van der Waals surface area contributed by atoms with E-state index in [-0.39, 0.29) is 0 Å². The Kier molecular flexibility index (Phi) is 4.32. The molecule has 2 aliphatic heterocycles. The zero-order valence-corrected chi connectivity index (χ0v) is 12.4. The summed E-state index contributed by atoms with van der Waals surface area (Å²) >= 11 is 2.16. The third-order valence-corrected chi connectivity index (χ3v) is 5.43. The highest BCUT2D eigenvalue weighted by molar-refractivity contribution is 8.00. The number of hydrogen-bond acceptors (Lipinski definition) is 3. The second kappa shape index (κ2) is 6.37. The molecule has 1 fully saturated rings. The molecule has 2 aliphatic rings. The van der Waals surface area contributed by atoms with Gasteiger partial charge in [0.2, 0.25) is 0 Å². The van der Waals surface area contributed by atoms with Gasteiger partial charge in [-0.25, -0.2) is 0 Å². The van der Waals surface area contributed by atoms with Gasteiger partial charge in [0.25, 0.3) is 0 Å². The van der Waals surface area contributed by atoms with Gasteiger partial charge in [0.15, 0.2) is 0 Å². The number of ether oxygens (including phenoxy) is 1. The van der Waals surface area contributed by atoms with Crippen molar-refractivity contribution in [1.29, 1.82) is 5.26 Å². The van der Waals surface area contributed by atoms with Crippen molar-refractivity contribution in [2.75, 3.05) is 6.61 Å². The predicted octanol–water partition coefficient (Wildman–Crippen LogP) is 4.42.